The average molecular weight is 238 g/mol. The number of aliphatic hydroxyl groups excluding tert-OH is 1. The van der Waals surface area contributed by atoms with Crippen LogP contribution in [-0.2, 0) is 11.3 Å². The normalized spacial score (nSPS) is 13.5. The molecule has 16 heavy (non-hydrogen) atoms. The molecule has 1 heterocycles. The first-order valence-corrected chi connectivity index (χ1v) is 4.25. The van der Waals surface area contributed by atoms with Crippen LogP contribution in [0.3, 0.4) is 0 Å². The zero-order valence-corrected chi connectivity index (χ0v) is 7.98. The van der Waals surface area contributed by atoms with Crippen molar-refractivity contribution in [1.82, 2.24) is 20.3 Å². The summed E-state index contributed by atoms with van der Waals surface area (Å²) in [5.74, 6) is -0.686. The third kappa shape index (κ3) is 3.85. The Hall–Kier alpha value is -1.64. The lowest BCUT2D eigenvalue weighted by atomic mass is 10.3. The van der Waals surface area contributed by atoms with Crippen LogP contribution in [0.25, 0.3) is 0 Å². The molecule has 6 nitrogen and oxygen atoms in total. The maximum Gasteiger partial charge on any atom is 0.416 e. The minimum Gasteiger partial charge on any atom is -0.382 e. The monoisotopic (exact) mass is 238 g/mol. The van der Waals surface area contributed by atoms with Crippen LogP contribution >= 0.6 is 0 Å². The molecule has 0 aliphatic carbocycles. The van der Waals surface area contributed by atoms with Gasteiger partial charge in [-0.1, -0.05) is 5.21 Å². The fourth-order valence-corrected chi connectivity index (χ4v) is 0.846. The molecule has 1 unspecified atom stereocenters. The molecular formula is C7H9F3N4O2. The van der Waals surface area contributed by atoms with Gasteiger partial charge in [-0.2, -0.15) is 13.2 Å². The zero-order chi connectivity index (χ0) is 12.2. The van der Waals surface area contributed by atoms with Crippen LogP contribution in [-0.4, -0.2) is 44.8 Å². The highest BCUT2D eigenvalue weighted by Gasteiger charge is 2.38. The number of hydrogen-bond acceptors (Lipinski definition) is 4. The Morgan fingerprint density at radius 3 is 2.75 bits per heavy atom. The molecular weight excluding hydrogens is 229 g/mol. The van der Waals surface area contributed by atoms with E-state index in [1.165, 1.54) is 12.4 Å². The highest BCUT2D eigenvalue weighted by molar-refractivity contribution is 5.75. The number of rotatable bonds is 4. The molecule has 1 atom stereocenters. The molecule has 0 aliphatic rings. The summed E-state index contributed by atoms with van der Waals surface area (Å²) >= 11 is 0. The van der Waals surface area contributed by atoms with Gasteiger partial charge in [0, 0.05) is 6.20 Å². The molecule has 0 spiro atoms. The topological polar surface area (TPSA) is 80.0 Å². The SMILES string of the molecule is O=C(Cn1ccnn1)NCC(O)C(F)(F)F. The highest BCUT2D eigenvalue weighted by atomic mass is 19.4. The van der Waals surface area contributed by atoms with Gasteiger partial charge in [0.1, 0.15) is 6.54 Å². The van der Waals surface area contributed by atoms with Crippen LogP contribution in [0.4, 0.5) is 13.2 Å². The van der Waals surface area contributed by atoms with Crippen molar-refractivity contribution in [3.05, 3.63) is 12.4 Å². The minimum atomic E-state index is -4.74. The lowest BCUT2D eigenvalue weighted by Crippen LogP contribution is -2.41. The second-order valence-corrected chi connectivity index (χ2v) is 2.96. The molecule has 0 fully saturated rings. The van der Waals surface area contributed by atoms with Crippen molar-refractivity contribution in [2.75, 3.05) is 6.54 Å². The maximum atomic E-state index is 11.8. The van der Waals surface area contributed by atoms with Gasteiger partial charge in [0.05, 0.1) is 12.7 Å². The summed E-state index contributed by atoms with van der Waals surface area (Å²) in [6.07, 6.45) is -4.58. The smallest absolute Gasteiger partial charge is 0.382 e. The van der Waals surface area contributed by atoms with Gasteiger partial charge in [0.2, 0.25) is 5.91 Å². The van der Waals surface area contributed by atoms with Gasteiger partial charge in [0.15, 0.2) is 6.10 Å². The van der Waals surface area contributed by atoms with Crippen molar-refractivity contribution in [2.24, 2.45) is 0 Å². The van der Waals surface area contributed by atoms with Crippen LogP contribution in [0.15, 0.2) is 12.4 Å². The van der Waals surface area contributed by atoms with Crippen LogP contribution in [0.2, 0.25) is 0 Å². The molecule has 0 bridgehead atoms. The van der Waals surface area contributed by atoms with Crippen molar-refractivity contribution in [3.8, 4) is 0 Å². The van der Waals surface area contributed by atoms with Crippen molar-refractivity contribution < 1.29 is 23.1 Å². The zero-order valence-electron chi connectivity index (χ0n) is 7.98. The van der Waals surface area contributed by atoms with Gasteiger partial charge < -0.3 is 10.4 Å². The second kappa shape index (κ2) is 4.92. The summed E-state index contributed by atoms with van der Waals surface area (Å²) in [5.41, 5.74) is 0. The lowest BCUT2D eigenvalue weighted by Gasteiger charge is -2.14. The molecule has 0 aromatic carbocycles. The molecule has 0 saturated heterocycles. The number of halogens is 3. The van der Waals surface area contributed by atoms with E-state index in [2.05, 4.69) is 10.3 Å². The minimum absolute atomic E-state index is 0.245. The van der Waals surface area contributed by atoms with Crippen LogP contribution < -0.4 is 5.32 Å². The van der Waals surface area contributed by atoms with Gasteiger partial charge in [-0.3, -0.25) is 4.79 Å². The summed E-state index contributed by atoms with van der Waals surface area (Å²) in [5, 5.41) is 17.4. The number of carbonyl (C=O) groups excluding carboxylic acids is 1. The number of nitrogens with zero attached hydrogens (tertiary/aromatic N) is 3. The second-order valence-electron chi connectivity index (χ2n) is 2.96. The van der Waals surface area contributed by atoms with Gasteiger partial charge in [-0.15, -0.1) is 5.10 Å². The van der Waals surface area contributed by atoms with Crippen LogP contribution in [0.5, 0.6) is 0 Å². The predicted octanol–water partition coefficient (Wildman–Crippen LogP) is -0.682. The summed E-state index contributed by atoms with van der Waals surface area (Å²) in [7, 11) is 0. The van der Waals surface area contributed by atoms with E-state index in [4.69, 9.17) is 5.11 Å². The van der Waals surface area contributed by atoms with Gasteiger partial charge in [-0.05, 0) is 0 Å². The third-order valence-electron chi connectivity index (χ3n) is 1.65. The van der Waals surface area contributed by atoms with E-state index >= 15 is 0 Å². The number of aliphatic hydroxyl groups is 1. The Labute approximate surface area is 88.1 Å². The summed E-state index contributed by atoms with van der Waals surface area (Å²) in [4.78, 5) is 11.1. The quantitative estimate of drug-likeness (QED) is 0.728. The third-order valence-corrected chi connectivity index (χ3v) is 1.65. The first kappa shape index (κ1) is 12.4. The van der Waals surface area contributed by atoms with E-state index in [9.17, 15) is 18.0 Å². The molecule has 1 rings (SSSR count). The van der Waals surface area contributed by atoms with E-state index in [1.807, 2.05) is 5.32 Å². The predicted molar refractivity (Wildman–Crippen MR) is 45.1 cm³/mol. The van der Waals surface area contributed by atoms with E-state index in [0.29, 0.717) is 0 Å². The molecule has 1 aromatic rings. The molecule has 90 valence electrons. The number of amides is 1. The summed E-state index contributed by atoms with van der Waals surface area (Å²) in [6.45, 7) is -1.12. The molecule has 1 aromatic heterocycles. The Bertz CT molecular complexity index is 338. The fraction of sp³-hybridized carbons (Fsp3) is 0.571. The number of nitrogens with one attached hydrogen (secondary N) is 1. The molecule has 0 radical (unpaired) electrons. The number of alkyl halides is 3. The average Bonchev–Trinajstić information content (AvgIpc) is 2.65. The van der Waals surface area contributed by atoms with Gasteiger partial charge >= 0.3 is 6.18 Å². The van der Waals surface area contributed by atoms with E-state index in [-0.39, 0.29) is 6.54 Å². The molecule has 1 amide bonds. The Morgan fingerprint density at radius 1 is 1.56 bits per heavy atom. The highest BCUT2D eigenvalue weighted by Crippen LogP contribution is 2.18. The van der Waals surface area contributed by atoms with Crippen molar-refractivity contribution in [2.45, 2.75) is 18.8 Å². The number of hydrogen-bond donors (Lipinski definition) is 2. The summed E-state index contributed by atoms with van der Waals surface area (Å²) < 4.78 is 36.7. The standard InChI is InChI=1S/C7H9F3N4O2/c8-7(9,10)5(15)3-11-6(16)4-14-2-1-12-13-14/h1-2,5,15H,3-4H2,(H,11,16). The first-order valence-electron chi connectivity index (χ1n) is 4.25. The van der Waals surface area contributed by atoms with Crippen LogP contribution in [0.1, 0.15) is 0 Å². The van der Waals surface area contributed by atoms with Gasteiger partial charge in [-0.25, -0.2) is 4.68 Å². The largest absolute Gasteiger partial charge is 0.416 e. The Kier molecular flexibility index (Phi) is 3.82. The number of carbonyl (C=O) groups is 1. The van der Waals surface area contributed by atoms with E-state index < -0.39 is 24.7 Å². The maximum absolute atomic E-state index is 11.8. The van der Waals surface area contributed by atoms with Crippen LogP contribution in [0, 0.1) is 0 Å². The Balaban J connectivity index is 2.31. The number of aromatic nitrogens is 3. The molecule has 0 aliphatic heterocycles. The van der Waals surface area contributed by atoms with E-state index in [0.717, 1.165) is 4.68 Å². The molecule has 9 heteroatoms. The van der Waals surface area contributed by atoms with Crippen molar-refractivity contribution in [3.63, 3.8) is 0 Å². The first-order chi connectivity index (χ1) is 7.39. The summed E-state index contributed by atoms with van der Waals surface area (Å²) in [6, 6.07) is 0. The molecule has 0 saturated carbocycles. The fourth-order valence-electron chi connectivity index (χ4n) is 0.846. The molecule has 2 N–H and O–H groups in total. The lowest BCUT2D eigenvalue weighted by molar-refractivity contribution is -0.201. The van der Waals surface area contributed by atoms with Crippen molar-refractivity contribution in [1.29, 1.82) is 0 Å². The van der Waals surface area contributed by atoms with Crippen molar-refractivity contribution >= 4 is 5.91 Å². The Morgan fingerprint density at radius 2 is 2.25 bits per heavy atom. The van der Waals surface area contributed by atoms with E-state index in [1.54, 1.807) is 0 Å². The van der Waals surface area contributed by atoms with Gasteiger partial charge in [0.25, 0.3) is 0 Å².